The van der Waals surface area contributed by atoms with E-state index >= 15 is 0 Å². The molecule has 15 heteroatoms. The maximum atomic E-state index is 12.8. The molecule has 0 saturated carbocycles. The van der Waals surface area contributed by atoms with Crippen molar-refractivity contribution in [3.8, 4) is 0 Å². The number of H-pyrrole nitrogens is 1. The number of thiazole rings is 1. The monoisotopic (exact) mass is 556 g/mol. The Kier molecular flexibility index (Phi) is 7.83. The number of halogens is 2. The number of hydrogen-bond acceptors (Lipinski definition) is 9. The van der Waals surface area contributed by atoms with E-state index in [0.717, 1.165) is 11.3 Å². The third kappa shape index (κ3) is 5.33. The fraction of sp³-hybridized carbons (Fsp3) is 0.381. The molecular formula is C21H22Cl2N6O6S. The molecule has 2 amide bonds. The molecule has 1 aliphatic heterocycles. The average molecular weight is 557 g/mol. The summed E-state index contributed by atoms with van der Waals surface area (Å²) in [6, 6.07) is -0.348. The number of aryl methyl sites for hydroxylation is 1. The number of aromatic amines is 1. The largest absolute Gasteiger partial charge is 0.477 e. The summed E-state index contributed by atoms with van der Waals surface area (Å²) in [6.45, 7) is 2.45. The van der Waals surface area contributed by atoms with Crippen LogP contribution in [0.4, 0.5) is 5.13 Å². The zero-order valence-corrected chi connectivity index (χ0v) is 21.5. The number of ether oxygens (including phenoxy) is 1. The molecule has 0 radical (unpaired) electrons. The zero-order valence-electron chi connectivity index (χ0n) is 19.1. The first-order chi connectivity index (χ1) is 17.2. The van der Waals surface area contributed by atoms with Gasteiger partial charge in [-0.15, -0.1) is 0 Å². The highest BCUT2D eigenvalue weighted by atomic mass is 35.5. The first-order valence-electron chi connectivity index (χ1n) is 10.7. The minimum Gasteiger partial charge on any atom is -0.477 e. The molecule has 12 nitrogen and oxygen atoms in total. The number of aromatic carboxylic acids is 1. The number of anilines is 1. The summed E-state index contributed by atoms with van der Waals surface area (Å²) in [7, 11) is 1.52. The van der Waals surface area contributed by atoms with E-state index in [2.05, 4.69) is 25.6 Å². The van der Waals surface area contributed by atoms with Crippen molar-refractivity contribution >= 4 is 57.5 Å². The number of nitrogens with one attached hydrogen (secondary N) is 3. The molecule has 0 unspecified atom stereocenters. The summed E-state index contributed by atoms with van der Waals surface area (Å²) in [5.74, 6) is -2.05. The zero-order chi connectivity index (χ0) is 26.0. The van der Waals surface area contributed by atoms with E-state index in [1.165, 1.54) is 19.6 Å². The molecule has 1 aliphatic rings. The molecule has 0 aromatic carbocycles. The molecule has 2 atom stereocenters. The van der Waals surface area contributed by atoms with Gasteiger partial charge in [-0.3, -0.25) is 9.59 Å². The second kappa shape index (κ2) is 10.9. The minimum absolute atomic E-state index is 0.00976. The Bertz CT molecular complexity index is 1280. The SMILES string of the molecule is CO[C@H]1CN(c2nc(C(=O)NCc3ncco3)c(C(=O)O)s2)CC[C@H]1NC(=O)c1[nH]c(C)c(Cl)c1Cl. The van der Waals surface area contributed by atoms with Crippen LogP contribution in [0.3, 0.4) is 0 Å². The number of aromatic nitrogens is 3. The van der Waals surface area contributed by atoms with E-state index in [1.54, 1.807) is 6.92 Å². The number of nitrogens with zero attached hydrogens (tertiary/aromatic N) is 3. The molecule has 3 aromatic rings. The van der Waals surface area contributed by atoms with Crippen LogP contribution in [0.25, 0.3) is 0 Å². The van der Waals surface area contributed by atoms with Gasteiger partial charge in [-0.25, -0.2) is 14.8 Å². The van der Waals surface area contributed by atoms with Crippen molar-refractivity contribution in [1.82, 2.24) is 25.6 Å². The van der Waals surface area contributed by atoms with Crippen LogP contribution in [0.2, 0.25) is 10.0 Å². The van der Waals surface area contributed by atoms with Crippen LogP contribution in [0.15, 0.2) is 16.9 Å². The lowest BCUT2D eigenvalue weighted by atomic mass is 10.0. The molecule has 0 spiro atoms. The first-order valence-corrected chi connectivity index (χ1v) is 12.3. The van der Waals surface area contributed by atoms with Crippen LogP contribution in [0.5, 0.6) is 0 Å². The fourth-order valence-corrected chi connectivity index (χ4v) is 5.14. The van der Waals surface area contributed by atoms with Crippen molar-refractivity contribution in [2.75, 3.05) is 25.1 Å². The Morgan fingerprint density at radius 2 is 2.11 bits per heavy atom. The highest BCUT2D eigenvalue weighted by Crippen LogP contribution is 2.31. The number of rotatable bonds is 8. The van der Waals surface area contributed by atoms with Gasteiger partial charge in [-0.2, -0.15) is 0 Å². The summed E-state index contributed by atoms with van der Waals surface area (Å²) in [6.07, 6.45) is 2.84. The predicted octanol–water partition coefficient (Wildman–Crippen LogP) is 2.73. The van der Waals surface area contributed by atoms with E-state index in [9.17, 15) is 19.5 Å². The van der Waals surface area contributed by atoms with Gasteiger partial charge in [0.2, 0.25) is 5.89 Å². The van der Waals surface area contributed by atoms with Crippen molar-refractivity contribution < 1.29 is 28.6 Å². The van der Waals surface area contributed by atoms with Crippen LogP contribution in [0, 0.1) is 6.92 Å². The summed E-state index contributed by atoms with van der Waals surface area (Å²) in [5.41, 5.74) is 0.554. The van der Waals surface area contributed by atoms with Gasteiger partial charge in [0.25, 0.3) is 11.8 Å². The Balaban J connectivity index is 1.45. The van der Waals surface area contributed by atoms with Gasteiger partial charge < -0.3 is 34.8 Å². The van der Waals surface area contributed by atoms with Gasteiger partial charge in [0.05, 0.1) is 34.9 Å². The van der Waals surface area contributed by atoms with Gasteiger partial charge >= 0.3 is 5.97 Å². The number of piperidine rings is 1. The lowest BCUT2D eigenvalue weighted by Crippen LogP contribution is -2.55. The summed E-state index contributed by atoms with van der Waals surface area (Å²) in [5, 5.41) is 15.9. The highest BCUT2D eigenvalue weighted by Gasteiger charge is 2.34. The second-order valence-corrected chi connectivity index (χ2v) is 9.66. The summed E-state index contributed by atoms with van der Waals surface area (Å²) < 4.78 is 10.7. The fourth-order valence-electron chi connectivity index (χ4n) is 3.79. The third-order valence-corrected chi connectivity index (χ3v) is 7.69. The normalized spacial score (nSPS) is 17.7. The number of amides is 2. The molecule has 1 saturated heterocycles. The topological polar surface area (TPSA) is 163 Å². The van der Waals surface area contributed by atoms with E-state index in [1.807, 2.05) is 4.90 Å². The first kappa shape index (κ1) is 25.9. The van der Waals surface area contributed by atoms with Gasteiger partial charge in [0.15, 0.2) is 10.8 Å². The second-order valence-electron chi connectivity index (χ2n) is 7.93. The highest BCUT2D eigenvalue weighted by molar-refractivity contribution is 7.17. The van der Waals surface area contributed by atoms with Crippen LogP contribution in [-0.2, 0) is 11.3 Å². The molecule has 3 aromatic heterocycles. The van der Waals surface area contributed by atoms with Crippen LogP contribution >= 0.6 is 34.5 Å². The molecule has 192 valence electrons. The van der Waals surface area contributed by atoms with Crippen molar-refractivity contribution in [2.45, 2.75) is 32.0 Å². The smallest absolute Gasteiger partial charge is 0.348 e. The Hall–Kier alpha value is -3.13. The van der Waals surface area contributed by atoms with Crippen molar-refractivity contribution in [3.63, 3.8) is 0 Å². The van der Waals surface area contributed by atoms with E-state index < -0.39 is 23.9 Å². The minimum atomic E-state index is -1.26. The van der Waals surface area contributed by atoms with Crippen molar-refractivity contribution in [2.24, 2.45) is 0 Å². The molecule has 1 fully saturated rings. The van der Waals surface area contributed by atoms with Gasteiger partial charge in [-0.1, -0.05) is 34.5 Å². The molecule has 4 rings (SSSR count). The third-order valence-electron chi connectivity index (χ3n) is 5.64. The van der Waals surface area contributed by atoms with E-state index in [4.69, 9.17) is 32.4 Å². The Morgan fingerprint density at radius 3 is 2.72 bits per heavy atom. The van der Waals surface area contributed by atoms with Crippen LogP contribution in [-0.4, -0.2) is 70.2 Å². The molecule has 4 N–H and O–H groups in total. The van der Waals surface area contributed by atoms with Crippen molar-refractivity contribution in [3.05, 3.63) is 50.4 Å². The van der Waals surface area contributed by atoms with Gasteiger partial charge in [0.1, 0.15) is 16.8 Å². The number of carboxylic acids is 1. The van der Waals surface area contributed by atoms with Gasteiger partial charge in [0, 0.05) is 25.9 Å². The molecular weight excluding hydrogens is 535 g/mol. The van der Waals surface area contributed by atoms with Gasteiger partial charge in [-0.05, 0) is 13.3 Å². The number of methoxy groups -OCH3 is 1. The van der Waals surface area contributed by atoms with E-state index in [-0.39, 0.29) is 44.8 Å². The molecule has 4 heterocycles. The summed E-state index contributed by atoms with van der Waals surface area (Å²) >= 11 is 13.1. The van der Waals surface area contributed by atoms with Crippen LogP contribution in [0.1, 0.15) is 48.7 Å². The van der Waals surface area contributed by atoms with E-state index in [0.29, 0.717) is 30.3 Å². The maximum Gasteiger partial charge on any atom is 0.348 e. The number of carboxylic acid groups (broad SMARTS) is 1. The molecule has 36 heavy (non-hydrogen) atoms. The number of carbonyl (C=O) groups excluding carboxylic acids is 2. The standard InChI is InChI=1S/C21H22Cl2N6O6S/c1-9-13(22)14(23)15(26-9)19(31)27-10-3-5-29(8-11(10)34-2)21-28-16(17(36-21)20(32)33)18(30)25-7-12-24-4-6-35-12/h4,6,10-11,26H,3,5,7-8H2,1-2H3,(H,25,30)(H,27,31)(H,32,33)/t10-,11+/m1/s1. The molecule has 0 aliphatic carbocycles. The predicted molar refractivity (Wildman–Crippen MR) is 131 cm³/mol. The average Bonchev–Trinajstić information content (AvgIpc) is 3.60. The summed E-state index contributed by atoms with van der Waals surface area (Å²) in [4.78, 5) is 49.9. The lowest BCUT2D eigenvalue weighted by Gasteiger charge is -2.37. The van der Waals surface area contributed by atoms with Crippen LogP contribution < -0.4 is 15.5 Å². The van der Waals surface area contributed by atoms with Crippen molar-refractivity contribution in [1.29, 1.82) is 0 Å². The maximum absolute atomic E-state index is 12.8. The Labute approximate surface area is 218 Å². The number of oxazole rings is 1. The number of hydrogen-bond donors (Lipinski definition) is 4. The number of carbonyl (C=O) groups is 3. The Morgan fingerprint density at radius 1 is 1.33 bits per heavy atom. The molecule has 0 bridgehead atoms. The quantitative estimate of drug-likeness (QED) is 0.326. The lowest BCUT2D eigenvalue weighted by molar-refractivity contribution is 0.0540.